The summed E-state index contributed by atoms with van der Waals surface area (Å²) in [7, 11) is 0. The van der Waals surface area contributed by atoms with E-state index in [1.54, 1.807) is 35.4 Å². The summed E-state index contributed by atoms with van der Waals surface area (Å²) in [5, 5.41) is 3.61. The normalized spacial score (nSPS) is 10.9. The van der Waals surface area contributed by atoms with Crippen LogP contribution in [-0.4, -0.2) is 31.6 Å². The molecule has 0 aliphatic rings. The third-order valence-electron chi connectivity index (χ3n) is 4.71. The molecule has 29 heavy (non-hydrogen) atoms. The van der Waals surface area contributed by atoms with Gasteiger partial charge in [0.05, 0.1) is 12.9 Å². The Labute approximate surface area is 167 Å². The Hall–Kier alpha value is -3.74. The van der Waals surface area contributed by atoms with E-state index >= 15 is 0 Å². The number of benzene rings is 1. The van der Waals surface area contributed by atoms with E-state index in [4.69, 9.17) is 0 Å². The fourth-order valence-electron chi connectivity index (χ4n) is 3.26. The van der Waals surface area contributed by atoms with Crippen molar-refractivity contribution in [3.05, 3.63) is 94.9 Å². The number of carbonyl (C=O) groups is 1. The highest BCUT2D eigenvalue weighted by molar-refractivity contribution is 5.96. The first kappa shape index (κ1) is 18.6. The van der Waals surface area contributed by atoms with Gasteiger partial charge in [0.15, 0.2) is 0 Å². The van der Waals surface area contributed by atoms with Crippen molar-refractivity contribution in [3.8, 4) is 0 Å². The summed E-state index contributed by atoms with van der Waals surface area (Å²) < 4.78 is 3.51. The molecule has 146 valence electrons. The van der Waals surface area contributed by atoms with E-state index in [0.29, 0.717) is 18.7 Å². The van der Waals surface area contributed by atoms with Gasteiger partial charge in [-0.3, -0.25) is 14.2 Å². The molecule has 0 unspecified atom stereocenters. The standard InChI is InChI=1S/C22H21N5O2/c28-21(25-10-5-12-26-13-11-23-16-26)19-14-18-8-4-9-24-20(18)27(22(19)29)15-17-6-2-1-3-7-17/h1-4,6-9,11,13-14,16H,5,10,12,15H2,(H,25,28). The number of nitrogens with one attached hydrogen (secondary N) is 1. The number of pyridine rings is 2. The minimum Gasteiger partial charge on any atom is -0.352 e. The van der Waals surface area contributed by atoms with Crippen LogP contribution in [-0.2, 0) is 13.1 Å². The Balaban J connectivity index is 1.58. The lowest BCUT2D eigenvalue weighted by Gasteiger charge is -2.12. The Kier molecular flexibility index (Phi) is 5.47. The third-order valence-corrected chi connectivity index (χ3v) is 4.71. The molecule has 0 saturated carbocycles. The molecule has 7 nitrogen and oxygen atoms in total. The number of nitrogens with zero attached hydrogens (tertiary/aromatic N) is 4. The fraction of sp³-hybridized carbons (Fsp3) is 0.182. The second-order valence-corrected chi connectivity index (χ2v) is 6.76. The highest BCUT2D eigenvalue weighted by Gasteiger charge is 2.16. The van der Waals surface area contributed by atoms with Crippen LogP contribution in [0.4, 0.5) is 0 Å². The lowest BCUT2D eigenvalue weighted by molar-refractivity contribution is 0.0951. The summed E-state index contributed by atoms with van der Waals surface area (Å²) in [6.07, 6.45) is 7.73. The minimum absolute atomic E-state index is 0.129. The van der Waals surface area contributed by atoms with Gasteiger partial charge >= 0.3 is 0 Å². The van der Waals surface area contributed by atoms with Gasteiger partial charge in [-0.1, -0.05) is 30.3 Å². The number of hydrogen-bond acceptors (Lipinski definition) is 4. The predicted octanol–water partition coefficient (Wildman–Crippen LogP) is 2.46. The van der Waals surface area contributed by atoms with Gasteiger partial charge in [0.1, 0.15) is 11.2 Å². The molecule has 0 atom stereocenters. The summed E-state index contributed by atoms with van der Waals surface area (Å²) in [4.78, 5) is 34.2. The molecule has 0 saturated heterocycles. The highest BCUT2D eigenvalue weighted by Crippen LogP contribution is 2.13. The van der Waals surface area contributed by atoms with Gasteiger partial charge in [-0.2, -0.15) is 0 Å². The number of amides is 1. The van der Waals surface area contributed by atoms with Crippen LogP contribution in [0.25, 0.3) is 11.0 Å². The number of fused-ring (bicyclic) bond motifs is 1. The van der Waals surface area contributed by atoms with Crippen LogP contribution in [0, 0.1) is 0 Å². The average Bonchev–Trinajstić information content (AvgIpc) is 3.27. The predicted molar refractivity (Wildman–Crippen MR) is 111 cm³/mol. The zero-order valence-corrected chi connectivity index (χ0v) is 15.9. The molecule has 0 aliphatic heterocycles. The van der Waals surface area contributed by atoms with Crippen LogP contribution in [0.3, 0.4) is 0 Å². The first-order valence-electron chi connectivity index (χ1n) is 9.49. The summed E-state index contributed by atoms with van der Waals surface area (Å²) in [5.74, 6) is -0.367. The number of hydrogen-bond donors (Lipinski definition) is 1. The summed E-state index contributed by atoms with van der Waals surface area (Å²) in [5.41, 5.74) is 1.33. The first-order chi connectivity index (χ1) is 14.2. The lowest BCUT2D eigenvalue weighted by Crippen LogP contribution is -2.34. The topological polar surface area (TPSA) is 81.8 Å². The van der Waals surface area contributed by atoms with Gasteiger partial charge in [0, 0.05) is 37.1 Å². The zero-order valence-electron chi connectivity index (χ0n) is 15.9. The van der Waals surface area contributed by atoms with E-state index in [-0.39, 0.29) is 17.0 Å². The van der Waals surface area contributed by atoms with E-state index < -0.39 is 0 Å². The molecular formula is C22H21N5O2. The number of aryl methyl sites for hydroxylation is 1. The maximum absolute atomic E-state index is 13.1. The molecule has 1 N–H and O–H groups in total. The van der Waals surface area contributed by atoms with E-state index in [1.807, 2.05) is 47.2 Å². The third kappa shape index (κ3) is 4.24. The zero-order chi connectivity index (χ0) is 20.1. The summed E-state index contributed by atoms with van der Waals surface area (Å²) in [6.45, 7) is 1.58. The van der Waals surface area contributed by atoms with Crippen molar-refractivity contribution in [2.24, 2.45) is 0 Å². The molecule has 7 heteroatoms. The molecule has 0 aliphatic carbocycles. The van der Waals surface area contributed by atoms with Crippen molar-refractivity contribution >= 4 is 16.9 Å². The monoisotopic (exact) mass is 387 g/mol. The largest absolute Gasteiger partial charge is 0.352 e. The Morgan fingerprint density at radius 2 is 1.93 bits per heavy atom. The van der Waals surface area contributed by atoms with Crippen molar-refractivity contribution in [2.75, 3.05) is 6.54 Å². The minimum atomic E-state index is -0.367. The molecule has 0 bridgehead atoms. The summed E-state index contributed by atoms with van der Waals surface area (Å²) >= 11 is 0. The van der Waals surface area contributed by atoms with Crippen molar-refractivity contribution in [1.82, 2.24) is 24.4 Å². The maximum atomic E-state index is 13.1. The van der Waals surface area contributed by atoms with Crippen LogP contribution >= 0.6 is 0 Å². The second kappa shape index (κ2) is 8.52. The molecule has 0 fully saturated rings. The molecule has 1 amide bonds. The molecule has 3 heterocycles. The number of imidazole rings is 1. The van der Waals surface area contributed by atoms with E-state index in [0.717, 1.165) is 23.9 Å². The van der Waals surface area contributed by atoms with Gasteiger partial charge < -0.3 is 9.88 Å². The van der Waals surface area contributed by atoms with Crippen molar-refractivity contribution in [2.45, 2.75) is 19.5 Å². The molecule has 0 spiro atoms. The van der Waals surface area contributed by atoms with E-state index in [9.17, 15) is 9.59 Å². The van der Waals surface area contributed by atoms with Gasteiger partial charge in [-0.15, -0.1) is 0 Å². The quantitative estimate of drug-likeness (QED) is 0.494. The van der Waals surface area contributed by atoms with Crippen molar-refractivity contribution in [1.29, 1.82) is 0 Å². The number of rotatable bonds is 7. The first-order valence-corrected chi connectivity index (χ1v) is 9.49. The molecular weight excluding hydrogens is 366 g/mol. The van der Waals surface area contributed by atoms with E-state index in [1.165, 1.54) is 0 Å². The smallest absolute Gasteiger partial charge is 0.265 e. The molecule has 4 rings (SSSR count). The Morgan fingerprint density at radius 3 is 2.72 bits per heavy atom. The Bertz CT molecular complexity index is 1170. The van der Waals surface area contributed by atoms with Crippen molar-refractivity contribution < 1.29 is 4.79 Å². The van der Waals surface area contributed by atoms with E-state index in [2.05, 4.69) is 15.3 Å². The van der Waals surface area contributed by atoms with Crippen LogP contribution in [0.2, 0.25) is 0 Å². The van der Waals surface area contributed by atoms with Crippen LogP contribution < -0.4 is 10.9 Å². The molecule has 0 radical (unpaired) electrons. The second-order valence-electron chi connectivity index (χ2n) is 6.76. The van der Waals surface area contributed by atoms with Gasteiger partial charge in [0.2, 0.25) is 0 Å². The van der Waals surface area contributed by atoms with Crippen LogP contribution in [0.15, 0.2) is 78.2 Å². The van der Waals surface area contributed by atoms with Gasteiger partial charge in [-0.05, 0) is 30.2 Å². The lowest BCUT2D eigenvalue weighted by atomic mass is 10.1. The van der Waals surface area contributed by atoms with Gasteiger partial charge in [0.25, 0.3) is 11.5 Å². The molecule has 1 aromatic carbocycles. The summed E-state index contributed by atoms with van der Waals surface area (Å²) in [6, 6.07) is 15.0. The average molecular weight is 387 g/mol. The number of carbonyl (C=O) groups excluding carboxylic acids is 1. The van der Waals surface area contributed by atoms with Crippen LogP contribution in [0.1, 0.15) is 22.3 Å². The maximum Gasteiger partial charge on any atom is 0.265 e. The van der Waals surface area contributed by atoms with Crippen LogP contribution in [0.5, 0.6) is 0 Å². The molecule has 4 aromatic rings. The Morgan fingerprint density at radius 1 is 1.07 bits per heavy atom. The van der Waals surface area contributed by atoms with Crippen molar-refractivity contribution in [3.63, 3.8) is 0 Å². The highest BCUT2D eigenvalue weighted by atomic mass is 16.2. The fourth-order valence-corrected chi connectivity index (χ4v) is 3.26. The SMILES string of the molecule is O=C(NCCCn1ccnc1)c1cc2cccnc2n(Cc2ccccc2)c1=O. The molecule has 3 aromatic heterocycles. The number of aromatic nitrogens is 4. The van der Waals surface area contributed by atoms with Gasteiger partial charge in [-0.25, -0.2) is 9.97 Å².